The lowest BCUT2D eigenvalue weighted by Gasteiger charge is -2.08. The van der Waals surface area contributed by atoms with Gasteiger partial charge in [-0.15, -0.1) is 0 Å². The zero-order chi connectivity index (χ0) is 15.4. The number of hydrogen-bond donors (Lipinski definition) is 2. The predicted molar refractivity (Wildman–Crippen MR) is 83.3 cm³/mol. The molecule has 0 unspecified atom stereocenters. The van der Waals surface area contributed by atoms with E-state index in [0.29, 0.717) is 18.3 Å². The van der Waals surface area contributed by atoms with Crippen LogP contribution in [0.25, 0.3) is 0 Å². The third-order valence-corrected chi connectivity index (χ3v) is 3.56. The molecule has 0 atom stereocenters. The Morgan fingerprint density at radius 3 is 2.73 bits per heavy atom. The van der Waals surface area contributed by atoms with Gasteiger partial charge in [0.2, 0.25) is 0 Å². The van der Waals surface area contributed by atoms with Crippen LogP contribution in [0.3, 0.4) is 0 Å². The number of amides is 1. The molecule has 1 fully saturated rings. The lowest BCUT2D eigenvalue weighted by Crippen LogP contribution is -2.26. The second-order valence-electron chi connectivity index (χ2n) is 5.48. The van der Waals surface area contributed by atoms with Crippen LogP contribution in [0.1, 0.15) is 28.9 Å². The maximum atomic E-state index is 12.8. The van der Waals surface area contributed by atoms with Gasteiger partial charge in [-0.2, -0.15) is 0 Å². The molecule has 114 valence electrons. The Balaban J connectivity index is 1.53. The standard InChI is InChI=1S/C17H18FN3O/c18-13-3-1-12(2-4-13)7-9-19-15-8-10-20-16(11-15)17(22)21-14-5-6-14/h1-4,8,10-11,14H,5-7,9H2,(H,19,20)(H,21,22). The van der Waals surface area contributed by atoms with Gasteiger partial charge in [0.15, 0.2) is 0 Å². The molecule has 3 rings (SSSR count). The van der Waals surface area contributed by atoms with E-state index in [4.69, 9.17) is 0 Å². The van der Waals surface area contributed by atoms with Gasteiger partial charge in [0.25, 0.3) is 5.91 Å². The molecule has 1 amide bonds. The second-order valence-corrected chi connectivity index (χ2v) is 5.48. The van der Waals surface area contributed by atoms with Crippen molar-refractivity contribution in [3.8, 4) is 0 Å². The number of benzene rings is 1. The lowest BCUT2D eigenvalue weighted by molar-refractivity contribution is 0.0946. The number of pyridine rings is 1. The van der Waals surface area contributed by atoms with Crippen molar-refractivity contribution in [2.45, 2.75) is 25.3 Å². The monoisotopic (exact) mass is 299 g/mol. The molecule has 0 aliphatic heterocycles. The second kappa shape index (κ2) is 6.56. The van der Waals surface area contributed by atoms with E-state index in [2.05, 4.69) is 15.6 Å². The van der Waals surface area contributed by atoms with E-state index in [1.54, 1.807) is 24.4 Å². The van der Waals surface area contributed by atoms with Crippen LogP contribution in [0.4, 0.5) is 10.1 Å². The summed E-state index contributed by atoms with van der Waals surface area (Å²) in [6.07, 6.45) is 4.52. The quantitative estimate of drug-likeness (QED) is 0.862. The summed E-state index contributed by atoms with van der Waals surface area (Å²) in [5.74, 6) is -0.346. The zero-order valence-electron chi connectivity index (χ0n) is 12.2. The van der Waals surface area contributed by atoms with E-state index < -0.39 is 0 Å². The van der Waals surface area contributed by atoms with Crippen molar-refractivity contribution in [1.29, 1.82) is 0 Å². The van der Waals surface area contributed by atoms with Crippen LogP contribution >= 0.6 is 0 Å². The number of anilines is 1. The molecule has 4 nitrogen and oxygen atoms in total. The molecule has 1 aliphatic rings. The Morgan fingerprint density at radius 1 is 1.23 bits per heavy atom. The summed E-state index contributed by atoms with van der Waals surface area (Å²) < 4.78 is 12.8. The normalized spacial score (nSPS) is 13.7. The third kappa shape index (κ3) is 4.04. The predicted octanol–water partition coefficient (Wildman–Crippen LogP) is 2.77. The molecule has 5 heteroatoms. The fourth-order valence-corrected chi connectivity index (χ4v) is 2.15. The minimum Gasteiger partial charge on any atom is -0.385 e. The molecule has 0 radical (unpaired) electrons. The van der Waals surface area contributed by atoms with Crippen molar-refractivity contribution in [1.82, 2.24) is 10.3 Å². The van der Waals surface area contributed by atoms with E-state index in [9.17, 15) is 9.18 Å². The Labute approximate surface area is 128 Å². The van der Waals surface area contributed by atoms with Crippen LogP contribution in [0.5, 0.6) is 0 Å². The SMILES string of the molecule is O=C(NC1CC1)c1cc(NCCc2ccc(F)cc2)ccn1. The Hall–Kier alpha value is -2.43. The van der Waals surface area contributed by atoms with Crippen LogP contribution in [-0.4, -0.2) is 23.5 Å². The van der Waals surface area contributed by atoms with E-state index in [-0.39, 0.29) is 11.7 Å². The molecule has 1 aromatic carbocycles. The first-order chi connectivity index (χ1) is 10.7. The van der Waals surface area contributed by atoms with Crippen molar-refractivity contribution < 1.29 is 9.18 Å². The summed E-state index contributed by atoms with van der Waals surface area (Å²) in [7, 11) is 0. The molecule has 1 aromatic heterocycles. The number of halogens is 1. The molecule has 0 saturated heterocycles. The molecule has 2 N–H and O–H groups in total. The fourth-order valence-electron chi connectivity index (χ4n) is 2.15. The summed E-state index contributed by atoms with van der Waals surface area (Å²) in [5.41, 5.74) is 2.35. The highest BCUT2D eigenvalue weighted by Gasteiger charge is 2.24. The molecule has 0 bridgehead atoms. The van der Waals surface area contributed by atoms with Crippen LogP contribution in [0.15, 0.2) is 42.6 Å². The van der Waals surface area contributed by atoms with Crippen molar-refractivity contribution in [2.75, 3.05) is 11.9 Å². The molecular formula is C17H18FN3O. The first-order valence-electron chi connectivity index (χ1n) is 7.46. The maximum Gasteiger partial charge on any atom is 0.270 e. The van der Waals surface area contributed by atoms with Gasteiger partial charge in [0, 0.05) is 24.5 Å². The largest absolute Gasteiger partial charge is 0.385 e. The highest BCUT2D eigenvalue weighted by molar-refractivity contribution is 5.93. The van der Waals surface area contributed by atoms with Crippen LogP contribution in [0.2, 0.25) is 0 Å². The van der Waals surface area contributed by atoms with Gasteiger partial charge >= 0.3 is 0 Å². The van der Waals surface area contributed by atoms with E-state index in [1.807, 2.05) is 6.07 Å². The first-order valence-corrected chi connectivity index (χ1v) is 7.46. The van der Waals surface area contributed by atoms with Crippen molar-refractivity contribution in [2.24, 2.45) is 0 Å². The van der Waals surface area contributed by atoms with Crippen molar-refractivity contribution >= 4 is 11.6 Å². The molecular weight excluding hydrogens is 281 g/mol. The lowest BCUT2D eigenvalue weighted by atomic mass is 10.1. The average Bonchev–Trinajstić information content (AvgIpc) is 3.34. The summed E-state index contributed by atoms with van der Waals surface area (Å²) in [4.78, 5) is 16.0. The minimum atomic E-state index is -0.225. The molecule has 1 saturated carbocycles. The fraction of sp³-hybridized carbons (Fsp3) is 0.294. The van der Waals surface area contributed by atoms with Crippen molar-refractivity contribution in [3.05, 3.63) is 59.7 Å². The minimum absolute atomic E-state index is 0.121. The van der Waals surface area contributed by atoms with E-state index in [0.717, 1.165) is 30.5 Å². The summed E-state index contributed by atoms with van der Waals surface area (Å²) >= 11 is 0. The molecule has 22 heavy (non-hydrogen) atoms. The highest BCUT2D eigenvalue weighted by Crippen LogP contribution is 2.19. The van der Waals surface area contributed by atoms with Gasteiger partial charge in [-0.25, -0.2) is 4.39 Å². The Morgan fingerprint density at radius 2 is 2.00 bits per heavy atom. The average molecular weight is 299 g/mol. The van der Waals surface area contributed by atoms with Crippen LogP contribution in [0, 0.1) is 5.82 Å². The third-order valence-electron chi connectivity index (χ3n) is 3.56. The van der Waals surface area contributed by atoms with Gasteiger partial charge in [0.1, 0.15) is 11.5 Å². The number of nitrogens with zero attached hydrogens (tertiary/aromatic N) is 1. The number of aromatic nitrogens is 1. The Bertz CT molecular complexity index is 653. The van der Waals surface area contributed by atoms with Crippen LogP contribution in [-0.2, 0) is 6.42 Å². The summed E-state index contributed by atoms with van der Waals surface area (Å²) in [5, 5.41) is 6.18. The van der Waals surface area contributed by atoms with Crippen molar-refractivity contribution in [3.63, 3.8) is 0 Å². The van der Waals surface area contributed by atoms with Gasteiger partial charge in [-0.3, -0.25) is 9.78 Å². The molecule has 0 spiro atoms. The van der Waals surface area contributed by atoms with Gasteiger partial charge < -0.3 is 10.6 Å². The number of hydrogen-bond acceptors (Lipinski definition) is 3. The summed E-state index contributed by atoms with van der Waals surface area (Å²) in [6, 6.07) is 10.4. The van der Waals surface area contributed by atoms with Gasteiger partial charge in [-0.05, 0) is 49.1 Å². The Kier molecular flexibility index (Phi) is 4.32. The first kappa shape index (κ1) is 14.5. The highest BCUT2D eigenvalue weighted by atomic mass is 19.1. The smallest absolute Gasteiger partial charge is 0.270 e. The zero-order valence-corrected chi connectivity index (χ0v) is 12.2. The molecule has 1 heterocycles. The summed E-state index contributed by atoms with van der Waals surface area (Å²) in [6.45, 7) is 0.708. The number of nitrogens with one attached hydrogen (secondary N) is 2. The van der Waals surface area contributed by atoms with Gasteiger partial charge in [0.05, 0.1) is 0 Å². The molecule has 2 aromatic rings. The number of carbonyl (C=O) groups excluding carboxylic acids is 1. The number of rotatable bonds is 6. The van der Waals surface area contributed by atoms with E-state index in [1.165, 1.54) is 12.1 Å². The molecule has 1 aliphatic carbocycles. The maximum absolute atomic E-state index is 12.8. The van der Waals surface area contributed by atoms with E-state index >= 15 is 0 Å². The van der Waals surface area contributed by atoms with Gasteiger partial charge in [-0.1, -0.05) is 12.1 Å². The topological polar surface area (TPSA) is 54.0 Å². The van der Waals surface area contributed by atoms with Crippen LogP contribution < -0.4 is 10.6 Å². The number of carbonyl (C=O) groups is 1.